The molecule has 0 aromatic carbocycles. The van der Waals surface area contributed by atoms with Crippen LogP contribution < -0.4 is 11.1 Å². The Morgan fingerprint density at radius 2 is 2.20 bits per heavy atom. The maximum Gasteiger partial charge on any atom is 0.407 e. The molecule has 1 rings (SSSR count). The first kappa shape index (κ1) is 15.9. The predicted molar refractivity (Wildman–Crippen MR) is 79.1 cm³/mol. The number of carbonyl (C=O) groups is 1. The summed E-state index contributed by atoms with van der Waals surface area (Å²) in [7, 11) is 0. The second-order valence-electron chi connectivity index (χ2n) is 5.39. The van der Waals surface area contributed by atoms with Gasteiger partial charge in [0.1, 0.15) is 5.60 Å². The third-order valence-electron chi connectivity index (χ3n) is 2.31. The molecule has 0 bridgehead atoms. The van der Waals surface area contributed by atoms with Crippen LogP contribution in [0.5, 0.6) is 0 Å². The molecular weight excluding hydrogens is 256 g/mol. The van der Waals surface area contributed by atoms with Crippen molar-refractivity contribution in [3.05, 3.63) is 23.5 Å². The van der Waals surface area contributed by atoms with Crippen molar-refractivity contribution in [2.24, 2.45) is 0 Å². The number of hydrogen-bond acceptors (Lipinski definition) is 5. The minimum Gasteiger partial charge on any atom is -0.444 e. The van der Waals surface area contributed by atoms with Crippen molar-refractivity contribution in [1.29, 1.82) is 0 Å². The molecule has 6 nitrogen and oxygen atoms in total. The van der Waals surface area contributed by atoms with E-state index in [1.54, 1.807) is 6.20 Å². The Kier molecular flexibility index (Phi) is 5.49. The lowest BCUT2D eigenvalue weighted by atomic mass is 10.2. The van der Waals surface area contributed by atoms with E-state index in [1.165, 1.54) is 0 Å². The van der Waals surface area contributed by atoms with E-state index in [2.05, 4.69) is 15.3 Å². The third kappa shape index (κ3) is 6.17. The molecule has 0 unspecified atom stereocenters. The van der Waals surface area contributed by atoms with Crippen LogP contribution in [0.4, 0.5) is 10.7 Å². The van der Waals surface area contributed by atoms with Crippen LogP contribution in [0.15, 0.2) is 12.3 Å². The summed E-state index contributed by atoms with van der Waals surface area (Å²) in [4.78, 5) is 19.4. The highest BCUT2D eigenvalue weighted by Crippen LogP contribution is 2.08. The van der Waals surface area contributed by atoms with Gasteiger partial charge in [-0.2, -0.15) is 0 Å². The summed E-state index contributed by atoms with van der Waals surface area (Å²) in [5.74, 6) is 0.270. The van der Waals surface area contributed by atoms with E-state index in [4.69, 9.17) is 10.5 Å². The number of anilines is 1. The number of carbonyl (C=O) groups excluding carboxylic acids is 1. The normalized spacial score (nSPS) is 11.6. The average molecular weight is 278 g/mol. The monoisotopic (exact) mass is 278 g/mol. The van der Waals surface area contributed by atoms with Gasteiger partial charge in [-0.05, 0) is 34.1 Å². The Hall–Kier alpha value is -2.11. The highest BCUT2D eigenvalue weighted by molar-refractivity contribution is 5.67. The minimum absolute atomic E-state index is 0.270. The van der Waals surface area contributed by atoms with E-state index in [9.17, 15) is 4.79 Å². The number of nitrogens with two attached hydrogens (primary N) is 1. The van der Waals surface area contributed by atoms with Crippen LogP contribution in [0.3, 0.4) is 0 Å². The standard InChI is InChI=1S/C14H22N4O2/c1-10-11(9-17-12(15)18-10)7-5-6-8-16-13(19)20-14(2,3)4/h5,7,9H,6,8H2,1-4H3,(H,16,19)(H2,15,17,18). The van der Waals surface area contributed by atoms with Crippen LogP contribution >= 0.6 is 0 Å². The van der Waals surface area contributed by atoms with Gasteiger partial charge in [-0.1, -0.05) is 12.2 Å². The molecule has 3 N–H and O–H groups in total. The van der Waals surface area contributed by atoms with Crippen LogP contribution in [-0.4, -0.2) is 28.2 Å². The zero-order valence-corrected chi connectivity index (χ0v) is 12.4. The van der Waals surface area contributed by atoms with E-state index in [1.807, 2.05) is 39.8 Å². The Morgan fingerprint density at radius 3 is 2.80 bits per heavy atom. The summed E-state index contributed by atoms with van der Waals surface area (Å²) in [5.41, 5.74) is 6.75. The van der Waals surface area contributed by atoms with Gasteiger partial charge < -0.3 is 15.8 Å². The number of nitrogens with one attached hydrogen (secondary N) is 1. The molecule has 1 aromatic heterocycles. The van der Waals surface area contributed by atoms with Crippen molar-refractivity contribution in [1.82, 2.24) is 15.3 Å². The first-order chi connectivity index (χ1) is 9.28. The number of rotatable bonds is 4. The molecule has 1 heterocycles. The Labute approximate surface area is 119 Å². The highest BCUT2D eigenvalue weighted by atomic mass is 16.6. The van der Waals surface area contributed by atoms with Gasteiger partial charge in [0.05, 0.1) is 5.69 Å². The number of ether oxygens (including phenoxy) is 1. The second-order valence-corrected chi connectivity index (χ2v) is 5.39. The fourth-order valence-corrected chi connectivity index (χ4v) is 1.44. The lowest BCUT2D eigenvalue weighted by molar-refractivity contribution is 0.0529. The van der Waals surface area contributed by atoms with Crippen molar-refractivity contribution >= 4 is 18.1 Å². The van der Waals surface area contributed by atoms with E-state index in [0.717, 1.165) is 11.3 Å². The SMILES string of the molecule is Cc1nc(N)ncc1C=CCCNC(=O)OC(C)(C)C. The smallest absolute Gasteiger partial charge is 0.407 e. The Morgan fingerprint density at radius 1 is 1.50 bits per heavy atom. The molecule has 0 saturated heterocycles. The summed E-state index contributed by atoms with van der Waals surface area (Å²) >= 11 is 0. The molecule has 20 heavy (non-hydrogen) atoms. The highest BCUT2D eigenvalue weighted by Gasteiger charge is 2.15. The summed E-state index contributed by atoms with van der Waals surface area (Å²) < 4.78 is 5.13. The predicted octanol–water partition coefficient (Wildman–Crippen LogP) is 2.30. The van der Waals surface area contributed by atoms with Gasteiger partial charge in [-0.25, -0.2) is 14.8 Å². The average Bonchev–Trinajstić information content (AvgIpc) is 2.28. The van der Waals surface area contributed by atoms with Crippen molar-refractivity contribution in [3.63, 3.8) is 0 Å². The molecule has 6 heteroatoms. The number of aromatic nitrogens is 2. The minimum atomic E-state index is -0.474. The van der Waals surface area contributed by atoms with Gasteiger partial charge in [0.2, 0.25) is 5.95 Å². The lowest BCUT2D eigenvalue weighted by Gasteiger charge is -2.19. The molecule has 0 aliphatic heterocycles. The molecular formula is C14H22N4O2. The van der Waals surface area contributed by atoms with Crippen molar-refractivity contribution in [2.75, 3.05) is 12.3 Å². The Bertz CT molecular complexity index is 492. The largest absolute Gasteiger partial charge is 0.444 e. The quantitative estimate of drug-likeness (QED) is 0.825. The fraction of sp³-hybridized carbons (Fsp3) is 0.500. The topological polar surface area (TPSA) is 90.1 Å². The molecule has 1 amide bonds. The van der Waals surface area contributed by atoms with Gasteiger partial charge in [0, 0.05) is 18.3 Å². The second kappa shape index (κ2) is 6.88. The molecule has 0 fully saturated rings. The lowest BCUT2D eigenvalue weighted by Crippen LogP contribution is -2.32. The van der Waals surface area contributed by atoms with Crippen LogP contribution in [0.1, 0.15) is 38.4 Å². The first-order valence-corrected chi connectivity index (χ1v) is 6.50. The van der Waals surface area contributed by atoms with Crippen LogP contribution in [0, 0.1) is 6.92 Å². The Balaban J connectivity index is 2.34. The van der Waals surface area contributed by atoms with Crippen molar-refractivity contribution in [2.45, 2.75) is 39.7 Å². The van der Waals surface area contributed by atoms with E-state index >= 15 is 0 Å². The van der Waals surface area contributed by atoms with Crippen LogP contribution in [0.25, 0.3) is 6.08 Å². The zero-order chi connectivity index (χ0) is 15.2. The number of nitrogens with zero attached hydrogens (tertiary/aromatic N) is 2. The molecule has 0 spiro atoms. The van der Waals surface area contributed by atoms with Gasteiger partial charge >= 0.3 is 6.09 Å². The maximum atomic E-state index is 11.4. The third-order valence-corrected chi connectivity index (χ3v) is 2.31. The summed E-state index contributed by atoms with van der Waals surface area (Å²) in [6, 6.07) is 0. The van der Waals surface area contributed by atoms with Gasteiger partial charge in [-0.15, -0.1) is 0 Å². The number of aryl methyl sites for hydroxylation is 1. The van der Waals surface area contributed by atoms with E-state index in [-0.39, 0.29) is 5.95 Å². The molecule has 0 radical (unpaired) electrons. The van der Waals surface area contributed by atoms with Crippen molar-refractivity contribution < 1.29 is 9.53 Å². The molecule has 0 saturated carbocycles. The first-order valence-electron chi connectivity index (χ1n) is 6.50. The molecule has 110 valence electrons. The molecule has 0 aliphatic carbocycles. The summed E-state index contributed by atoms with van der Waals surface area (Å²) in [6.45, 7) is 7.88. The number of alkyl carbamates (subject to hydrolysis) is 1. The molecule has 1 aromatic rings. The summed E-state index contributed by atoms with van der Waals surface area (Å²) in [5, 5.41) is 2.69. The molecule has 0 aliphatic rings. The number of nitrogen functional groups attached to an aromatic ring is 1. The van der Waals surface area contributed by atoms with E-state index in [0.29, 0.717) is 13.0 Å². The van der Waals surface area contributed by atoms with Crippen LogP contribution in [0.2, 0.25) is 0 Å². The van der Waals surface area contributed by atoms with Gasteiger partial charge in [-0.3, -0.25) is 0 Å². The number of hydrogen-bond donors (Lipinski definition) is 2. The number of amides is 1. The fourth-order valence-electron chi connectivity index (χ4n) is 1.44. The zero-order valence-electron chi connectivity index (χ0n) is 12.4. The maximum absolute atomic E-state index is 11.4. The van der Waals surface area contributed by atoms with E-state index < -0.39 is 11.7 Å². The summed E-state index contributed by atoms with van der Waals surface area (Å²) in [6.07, 6.45) is 5.82. The van der Waals surface area contributed by atoms with Gasteiger partial charge in [0.25, 0.3) is 0 Å². The van der Waals surface area contributed by atoms with Gasteiger partial charge in [0.15, 0.2) is 0 Å². The molecule has 0 atom stereocenters. The van der Waals surface area contributed by atoms with Crippen LogP contribution in [-0.2, 0) is 4.74 Å². The van der Waals surface area contributed by atoms with Crippen molar-refractivity contribution in [3.8, 4) is 0 Å².